The number of carbonyl (C=O) groups excluding carboxylic acids is 3. The summed E-state index contributed by atoms with van der Waals surface area (Å²) >= 11 is 0. The SMILES string of the molecule is CCOC(=O)C1=C(c2ccccc2)OC(N)=C(C(=O)OCCOC)[C@@]12C(=O)Nc1ccccc12. The number of ether oxygens (including phenoxy) is 4. The first-order valence-electron chi connectivity index (χ1n) is 10.7. The van der Waals surface area contributed by atoms with E-state index in [1.54, 1.807) is 61.5 Å². The predicted octanol–water partition coefficient (Wildman–Crippen LogP) is 2.24. The number of amides is 1. The summed E-state index contributed by atoms with van der Waals surface area (Å²) in [5.74, 6) is -2.69. The van der Waals surface area contributed by atoms with Gasteiger partial charge in [-0.3, -0.25) is 4.79 Å². The fraction of sp³-hybridized carbons (Fsp3) is 0.240. The second kappa shape index (κ2) is 9.40. The number of anilines is 1. The van der Waals surface area contributed by atoms with Crippen LogP contribution in [0, 0.1) is 0 Å². The van der Waals surface area contributed by atoms with Gasteiger partial charge in [-0.25, -0.2) is 9.59 Å². The average Bonchev–Trinajstić information content (AvgIpc) is 3.11. The van der Waals surface area contributed by atoms with Crippen molar-refractivity contribution in [2.24, 2.45) is 5.73 Å². The van der Waals surface area contributed by atoms with E-state index in [9.17, 15) is 14.4 Å². The summed E-state index contributed by atoms with van der Waals surface area (Å²) in [7, 11) is 1.46. The number of hydrogen-bond acceptors (Lipinski definition) is 8. The minimum absolute atomic E-state index is 0.0249. The number of benzene rings is 2. The van der Waals surface area contributed by atoms with Crippen LogP contribution >= 0.6 is 0 Å². The Labute approximate surface area is 196 Å². The molecule has 1 amide bonds. The zero-order valence-electron chi connectivity index (χ0n) is 18.8. The lowest BCUT2D eigenvalue weighted by atomic mass is 9.67. The van der Waals surface area contributed by atoms with Crippen LogP contribution in [0.2, 0.25) is 0 Å². The molecule has 0 radical (unpaired) electrons. The largest absolute Gasteiger partial charge is 0.462 e. The van der Waals surface area contributed by atoms with Crippen molar-refractivity contribution in [3.05, 3.63) is 82.8 Å². The van der Waals surface area contributed by atoms with Crippen molar-refractivity contribution in [3.63, 3.8) is 0 Å². The first-order valence-corrected chi connectivity index (χ1v) is 10.7. The molecule has 0 aliphatic carbocycles. The molecule has 34 heavy (non-hydrogen) atoms. The molecule has 0 aromatic heterocycles. The molecule has 2 aromatic carbocycles. The van der Waals surface area contributed by atoms with Crippen molar-refractivity contribution in [3.8, 4) is 0 Å². The molecule has 176 valence electrons. The van der Waals surface area contributed by atoms with Crippen molar-refractivity contribution in [2.75, 3.05) is 32.2 Å². The molecule has 0 unspecified atom stereocenters. The maximum absolute atomic E-state index is 13.8. The van der Waals surface area contributed by atoms with E-state index < -0.39 is 23.3 Å². The Morgan fingerprint density at radius 1 is 0.971 bits per heavy atom. The summed E-state index contributed by atoms with van der Waals surface area (Å²) in [5.41, 5.74) is 5.16. The molecule has 9 heteroatoms. The Hall–Kier alpha value is -4.11. The second-order valence-electron chi connectivity index (χ2n) is 7.51. The van der Waals surface area contributed by atoms with E-state index in [0.717, 1.165) is 0 Å². The number of nitrogens with one attached hydrogen (secondary N) is 1. The van der Waals surface area contributed by atoms with Crippen LogP contribution in [-0.4, -0.2) is 44.8 Å². The molecule has 2 heterocycles. The summed E-state index contributed by atoms with van der Waals surface area (Å²) in [4.78, 5) is 40.5. The fourth-order valence-electron chi connectivity index (χ4n) is 4.23. The van der Waals surface area contributed by atoms with Gasteiger partial charge < -0.3 is 30.0 Å². The Kier molecular flexibility index (Phi) is 6.38. The molecule has 0 fully saturated rings. The van der Waals surface area contributed by atoms with Gasteiger partial charge in [0, 0.05) is 23.9 Å². The van der Waals surface area contributed by atoms with Gasteiger partial charge in [-0.1, -0.05) is 48.5 Å². The second-order valence-corrected chi connectivity index (χ2v) is 7.51. The third-order valence-electron chi connectivity index (χ3n) is 5.60. The topological polar surface area (TPSA) is 126 Å². The van der Waals surface area contributed by atoms with E-state index >= 15 is 0 Å². The van der Waals surface area contributed by atoms with Gasteiger partial charge in [0.1, 0.15) is 28.9 Å². The summed E-state index contributed by atoms with van der Waals surface area (Å²) in [6, 6.07) is 15.5. The number of hydrogen-bond donors (Lipinski definition) is 2. The minimum Gasteiger partial charge on any atom is -0.462 e. The highest BCUT2D eigenvalue weighted by atomic mass is 16.6. The molecular weight excluding hydrogens is 440 g/mol. The minimum atomic E-state index is -1.94. The smallest absolute Gasteiger partial charge is 0.341 e. The van der Waals surface area contributed by atoms with Crippen LogP contribution in [-0.2, 0) is 38.7 Å². The van der Waals surface area contributed by atoms with Crippen LogP contribution in [0.4, 0.5) is 5.69 Å². The van der Waals surface area contributed by atoms with Gasteiger partial charge in [-0.05, 0) is 13.0 Å². The zero-order chi connectivity index (χ0) is 24.3. The summed E-state index contributed by atoms with van der Waals surface area (Å²) in [6.07, 6.45) is 0. The monoisotopic (exact) mass is 464 g/mol. The van der Waals surface area contributed by atoms with Crippen LogP contribution in [0.25, 0.3) is 5.76 Å². The quantitative estimate of drug-likeness (QED) is 0.472. The maximum Gasteiger partial charge on any atom is 0.341 e. The van der Waals surface area contributed by atoms with Crippen molar-refractivity contribution >= 4 is 29.3 Å². The van der Waals surface area contributed by atoms with E-state index in [0.29, 0.717) is 16.8 Å². The summed E-state index contributed by atoms with van der Waals surface area (Å²) in [6.45, 7) is 1.72. The summed E-state index contributed by atoms with van der Waals surface area (Å²) < 4.78 is 21.5. The Balaban J connectivity index is 2.04. The number of rotatable bonds is 7. The van der Waals surface area contributed by atoms with E-state index in [-0.39, 0.29) is 42.6 Å². The molecule has 0 bridgehead atoms. The molecule has 3 N–H and O–H groups in total. The van der Waals surface area contributed by atoms with Crippen LogP contribution in [0.5, 0.6) is 0 Å². The Bertz CT molecular complexity index is 1200. The van der Waals surface area contributed by atoms with E-state index in [4.69, 9.17) is 24.7 Å². The standard InChI is InChI=1S/C25H24N2O7/c1-3-32-22(28)18-20(15-9-5-4-6-10-15)34-21(26)19(23(29)33-14-13-31-2)25(18)16-11-7-8-12-17(16)27-24(25)30/h4-12H,3,13-14,26H2,1-2H3,(H,27,30)/t25-/m0/s1. The van der Waals surface area contributed by atoms with Crippen molar-refractivity contribution < 1.29 is 33.3 Å². The molecule has 9 nitrogen and oxygen atoms in total. The number of carbonyl (C=O) groups is 3. The van der Waals surface area contributed by atoms with Crippen LogP contribution in [0.1, 0.15) is 18.1 Å². The van der Waals surface area contributed by atoms with Crippen molar-refractivity contribution in [1.29, 1.82) is 0 Å². The van der Waals surface area contributed by atoms with Crippen molar-refractivity contribution in [1.82, 2.24) is 0 Å². The number of esters is 2. The number of para-hydroxylation sites is 1. The highest BCUT2D eigenvalue weighted by Gasteiger charge is 2.62. The van der Waals surface area contributed by atoms with Crippen LogP contribution in [0.15, 0.2) is 71.6 Å². The molecule has 0 saturated heterocycles. The van der Waals surface area contributed by atoms with E-state index in [2.05, 4.69) is 5.32 Å². The van der Waals surface area contributed by atoms with E-state index in [1.165, 1.54) is 7.11 Å². The number of fused-ring (bicyclic) bond motifs is 2. The van der Waals surface area contributed by atoms with Gasteiger partial charge in [0.15, 0.2) is 0 Å². The lowest BCUT2D eigenvalue weighted by Gasteiger charge is -2.36. The van der Waals surface area contributed by atoms with Gasteiger partial charge in [0.2, 0.25) is 11.8 Å². The average molecular weight is 464 g/mol. The highest BCUT2D eigenvalue weighted by Crippen LogP contribution is 2.53. The molecule has 1 spiro atoms. The van der Waals surface area contributed by atoms with Gasteiger partial charge in [0.25, 0.3) is 0 Å². The predicted molar refractivity (Wildman–Crippen MR) is 122 cm³/mol. The first-order chi connectivity index (χ1) is 16.5. The first kappa shape index (κ1) is 23.1. The molecule has 2 aliphatic heterocycles. The van der Waals surface area contributed by atoms with Crippen LogP contribution in [0.3, 0.4) is 0 Å². The normalized spacial score (nSPS) is 18.9. The molecule has 0 saturated carbocycles. The summed E-state index contributed by atoms with van der Waals surface area (Å²) in [5, 5.41) is 2.77. The van der Waals surface area contributed by atoms with Gasteiger partial charge in [-0.15, -0.1) is 0 Å². The zero-order valence-corrected chi connectivity index (χ0v) is 18.8. The third-order valence-corrected chi connectivity index (χ3v) is 5.60. The van der Waals surface area contributed by atoms with Gasteiger partial charge >= 0.3 is 11.9 Å². The third kappa shape index (κ3) is 3.60. The molecular formula is C25H24N2O7. The lowest BCUT2D eigenvalue weighted by Crippen LogP contribution is -2.48. The molecule has 4 rings (SSSR count). The van der Waals surface area contributed by atoms with Crippen LogP contribution < -0.4 is 11.1 Å². The Morgan fingerprint density at radius 2 is 1.65 bits per heavy atom. The van der Waals surface area contributed by atoms with E-state index in [1.807, 2.05) is 0 Å². The Morgan fingerprint density at radius 3 is 2.35 bits per heavy atom. The molecule has 2 aliphatic rings. The maximum atomic E-state index is 13.8. The fourth-order valence-corrected chi connectivity index (χ4v) is 4.23. The van der Waals surface area contributed by atoms with Crippen molar-refractivity contribution in [2.45, 2.75) is 12.3 Å². The lowest BCUT2D eigenvalue weighted by molar-refractivity contribution is -0.143. The number of nitrogens with two attached hydrogens (primary N) is 1. The molecule has 2 aromatic rings. The highest BCUT2D eigenvalue weighted by molar-refractivity contribution is 6.23. The molecule has 1 atom stereocenters. The van der Waals surface area contributed by atoms with Gasteiger partial charge in [-0.2, -0.15) is 0 Å². The van der Waals surface area contributed by atoms with Gasteiger partial charge in [0.05, 0.1) is 13.2 Å². The number of methoxy groups -OCH3 is 1.